The van der Waals surface area contributed by atoms with Gasteiger partial charge in [0.2, 0.25) is 5.91 Å². The third-order valence-electron chi connectivity index (χ3n) is 2.58. The van der Waals surface area contributed by atoms with Crippen molar-refractivity contribution in [3.8, 4) is 6.07 Å². The molecule has 1 rings (SSSR count). The molecule has 0 unspecified atom stereocenters. The fraction of sp³-hybridized carbons (Fsp3) is 0.385. The predicted octanol–water partition coefficient (Wildman–Crippen LogP) is 1.49. The Morgan fingerprint density at radius 1 is 1.26 bits per heavy atom. The van der Waals surface area contributed by atoms with Gasteiger partial charge in [0.1, 0.15) is 11.5 Å². The fourth-order valence-corrected chi connectivity index (χ4v) is 2.67. The van der Waals surface area contributed by atoms with E-state index in [-0.39, 0.29) is 0 Å². The molecule has 0 fully saturated rings. The van der Waals surface area contributed by atoms with Crippen LogP contribution < -0.4 is 5.32 Å². The Bertz CT molecular complexity index is 619. The standard InChI is InChI=1S/C13H16N2O3S/c1-9-6-10(2)13(11(3)7-9)15-12(16)8-19(17,18)5-4-14/h6-7H,5,8H2,1-3H3,(H,15,16). The van der Waals surface area contributed by atoms with Crippen molar-refractivity contribution in [3.05, 3.63) is 28.8 Å². The van der Waals surface area contributed by atoms with Crippen molar-refractivity contribution >= 4 is 21.4 Å². The molecule has 5 nitrogen and oxygen atoms in total. The third-order valence-corrected chi connectivity index (χ3v) is 3.85. The van der Waals surface area contributed by atoms with Crippen molar-refractivity contribution in [3.63, 3.8) is 0 Å². The number of carbonyl (C=O) groups is 1. The zero-order valence-electron chi connectivity index (χ0n) is 11.1. The number of benzene rings is 1. The smallest absolute Gasteiger partial charge is 0.239 e. The molecule has 0 atom stereocenters. The fourth-order valence-electron chi connectivity index (χ4n) is 1.90. The highest BCUT2D eigenvalue weighted by atomic mass is 32.2. The van der Waals surface area contributed by atoms with E-state index >= 15 is 0 Å². The molecule has 19 heavy (non-hydrogen) atoms. The molecule has 102 valence electrons. The number of anilines is 1. The second-order valence-corrected chi connectivity index (χ2v) is 6.58. The highest BCUT2D eigenvalue weighted by Gasteiger charge is 2.17. The third kappa shape index (κ3) is 4.38. The van der Waals surface area contributed by atoms with Gasteiger partial charge in [-0.2, -0.15) is 5.26 Å². The van der Waals surface area contributed by atoms with Gasteiger partial charge in [0.05, 0.1) is 6.07 Å². The molecule has 0 aliphatic carbocycles. The molecule has 6 heteroatoms. The van der Waals surface area contributed by atoms with Gasteiger partial charge in [0.15, 0.2) is 9.84 Å². The Balaban J connectivity index is 2.88. The average molecular weight is 280 g/mol. The topological polar surface area (TPSA) is 87.0 Å². The van der Waals surface area contributed by atoms with E-state index in [2.05, 4.69) is 5.32 Å². The number of aryl methyl sites for hydroxylation is 3. The van der Waals surface area contributed by atoms with Crippen molar-refractivity contribution < 1.29 is 13.2 Å². The van der Waals surface area contributed by atoms with Gasteiger partial charge < -0.3 is 5.32 Å². The van der Waals surface area contributed by atoms with Gasteiger partial charge in [-0.05, 0) is 31.9 Å². The van der Waals surface area contributed by atoms with E-state index in [4.69, 9.17) is 5.26 Å². The van der Waals surface area contributed by atoms with Crippen LogP contribution in [0.2, 0.25) is 0 Å². The molecule has 0 aliphatic rings. The summed E-state index contributed by atoms with van der Waals surface area (Å²) in [5.41, 5.74) is 3.46. The SMILES string of the molecule is Cc1cc(C)c(NC(=O)CS(=O)(=O)CC#N)c(C)c1. The molecular weight excluding hydrogens is 264 g/mol. The molecule has 0 bridgehead atoms. The molecule has 0 spiro atoms. The summed E-state index contributed by atoms with van der Waals surface area (Å²) in [6, 6.07) is 5.36. The normalized spacial score (nSPS) is 10.8. The summed E-state index contributed by atoms with van der Waals surface area (Å²) in [6.45, 7) is 5.64. The lowest BCUT2D eigenvalue weighted by Crippen LogP contribution is -2.25. The molecule has 0 saturated heterocycles. The van der Waals surface area contributed by atoms with Gasteiger partial charge >= 0.3 is 0 Å². The van der Waals surface area contributed by atoms with Gasteiger partial charge in [-0.1, -0.05) is 17.7 Å². The second-order valence-electron chi connectivity index (χ2n) is 4.51. The lowest BCUT2D eigenvalue weighted by Gasteiger charge is -2.12. The molecule has 1 aromatic rings. The van der Waals surface area contributed by atoms with E-state index in [0.29, 0.717) is 5.69 Å². The van der Waals surface area contributed by atoms with E-state index < -0.39 is 27.3 Å². The summed E-state index contributed by atoms with van der Waals surface area (Å²) >= 11 is 0. The summed E-state index contributed by atoms with van der Waals surface area (Å²) < 4.78 is 22.7. The summed E-state index contributed by atoms with van der Waals surface area (Å²) in [6.07, 6.45) is 0. The average Bonchev–Trinajstić information content (AvgIpc) is 2.22. The maximum atomic E-state index is 11.7. The number of rotatable bonds is 4. The first-order valence-electron chi connectivity index (χ1n) is 5.70. The van der Waals surface area contributed by atoms with Crippen LogP contribution in [0.1, 0.15) is 16.7 Å². The maximum Gasteiger partial charge on any atom is 0.239 e. The molecule has 0 saturated carbocycles. The molecule has 1 aromatic carbocycles. The van der Waals surface area contributed by atoms with Gasteiger partial charge in [-0.15, -0.1) is 0 Å². The van der Waals surface area contributed by atoms with E-state index in [1.165, 1.54) is 6.07 Å². The highest BCUT2D eigenvalue weighted by molar-refractivity contribution is 7.92. The number of hydrogen-bond donors (Lipinski definition) is 1. The minimum atomic E-state index is -3.66. The molecule has 1 amide bonds. The monoisotopic (exact) mass is 280 g/mol. The minimum Gasteiger partial charge on any atom is -0.325 e. The van der Waals surface area contributed by atoms with Crippen LogP contribution in [0.25, 0.3) is 0 Å². The second kappa shape index (κ2) is 5.85. The number of amides is 1. The van der Waals surface area contributed by atoms with Crippen molar-refractivity contribution in [1.29, 1.82) is 5.26 Å². The Hall–Kier alpha value is -1.87. The number of sulfone groups is 1. The van der Waals surface area contributed by atoms with Crippen LogP contribution in [0.15, 0.2) is 12.1 Å². The Morgan fingerprint density at radius 3 is 2.26 bits per heavy atom. The van der Waals surface area contributed by atoms with Crippen LogP contribution >= 0.6 is 0 Å². The van der Waals surface area contributed by atoms with Gasteiger partial charge in [0, 0.05) is 5.69 Å². The van der Waals surface area contributed by atoms with Gasteiger partial charge in [-0.3, -0.25) is 4.79 Å². The first-order valence-corrected chi connectivity index (χ1v) is 7.52. The zero-order chi connectivity index (χ0) is 14.6. The highest BCUT2D eigenvalue weighted by Crippen LogP contribution is 2.21. The largest absolute Gasteiger partial charge is 0.325 e. The van der Waals surface area contributed by atoms with E-state index in [0.717, 1.165) is 16.7 Å². The summed E-state index contributed by atoms with van der Waals surface area (Å²) in [5.74, 6) is -1.94. The van der Waals surface area contributed by atoms with Crippen molar-refractivity contribution in [1.82, 2.24) is 0 Å². The van der Waals surface area contributed by atoms with E-state index in [1.807, 2.05) is 32.9 Å². The first-order chi connectivity index (χ1) is 8.75. The van der Waals surface area contributed by atoms with Crippen LogP contribution in [0, 0.1) is 32.1 Å². The molecule has 0 aromatic heterocycles. The number of hydrogen-bond acceptors (Lipinski definition) is 4. The first kappa shape index (κ1) is 15.2. The number of nitrogens with one attached hydrogen (secondary N) is 1. The minimum absolute atomic E-state index is 0.620. The van der Waals surface area contributed by atoms with Crippen LogP contribution in [0.5, 0.6) is 0 Å². The molecule has 1 N–H and O–H groups in total. The maximum absolute atomic E-state index is 11.7. The summed E-state index contributed by atoms with van der Waals surface area (Å²) in [5, 5.41) is 11.0. The van der Waals surface area contributed by atoms with Crippen LogP contribution in [-0.2, 0) is 14.6 Å². The van der Waals surface area contributed by atoms with Crippen LogP contribution in [0.3, 0.4) is 0 Å². The Labute approximate surface area is 113 Å². The van der Waals surface area contributed by atoms with Crippen LogP contribution in [0.4, 0.5) is 5.69 Å². The summed E-state index contributed by atoms with van der Waals surface area (Å²) in [4.78, 5) is 11.7. The zero-order valence-corrected chi connectivity index (χ0v) is 12.0. The van der Waals surface area contributed by atoms with Crippen molar-refractivity contribution in [2.24, 2.45) is 0 Å². The molecule has 0 radical (unpaired) electrons. The van der Waals surface area contributed by atoms with Gasteiger partial charge in [0.25, 0.3) is 0 Å². The lowest BCUT2D eigenvalue weighted by molar-refractivity contribution is -0.113. The molecular formula is C13H16N2O3S. The Morgan fingerprint density at radius 2 is 1.79 bits per heavy atom. The Kier molecular flexibility index (Phi) is 4.67. The van der Waals surface area contributed by atoms with Crippen molar-refractivity contribution in [2.75, 3.05) is 16.8 Å². The lowest BCUT2D eigenvalue weighted by atomic mass is 10.1. The quantitative estimate of drug-likeness (QED) is 0.905. The number of nitriles is 1. The van der Waals surface area contributed by atoms with Crippen LogP contribution in [-0.4, -0.2) is 25.8 Å². The summed E-state index contributed by atoms with van der Waals surface area (Å²) in [7, 11) is -3.66. The predicted molar refractivity (Wildman–Crippen MR) is 73.5 cm³/mol. The van der Waals surface area contributed by atoms with Crippen molar-refractivity contribution in [2.45, 2.75) is 20.8 Å². The molecule has 0 aliphatic heterocycles. The number of carbonyl (C=O) groups excluding carboxylic acids is 1. The van der Waals surface area contributed by atoms with E-state index in [1.54, 1.807) is 0 Å². The van der Waals surface area contributed by atoms with E-state index in [9.17, 15) is 13.2 Å². The molecule has 0 heterocycles. The number of nitrogens with zero attached hydrogens (tertiary/aromatic N) is 1. The van der Waals surface area contributed by atoms with Gasteiger partial charge in [-0.25, -0.2) is 8.42 Å².